The number of hydrogen-bond acceptors (Lipinski definition) is 13. The fourth-order valence-corrected chi connectivity index (χ4v) is 4.80. The van der Waals surface area contributed by atoms with E-state index in [1.807, 2.05) is 0 Å². The summed E-state index contributed by atoms with van der Waals surface area (Å²) in [6.07, 6.45) is 7.29. The smallest absolute Gasteiger partial charge is 0.233 e. The highest BCUT2D eigenvalue weighted by atomic mass is 16.5. The number of ether oxygens (including phenoxy) is 2. The van der Waals surface area contributed by atoms with E-state index in [9.17, 15) is 0 Å². The molecule has 0 aliphatic carbocycles. The Morgan fingerprint density at radius 2 is 1.27 bits per heavy atom. The number of piperidine rings is 2. The minimum Gasteiger partial charge on any atom is -0.494 e. The summed E-state index contributed by atoms with van der Waals surface area (Å²) in [5, 5.41) is 3.43. The van der Waals surface area contributed by atoms with Gasteiger partial charge in [0.1, 0.15) is 5.75 Å². The first kappa shape index (κ1) is 32.1. The van der Waals surface area contributed by atoms with Gasteiger partial charge in [0.2, 0.25) is 17.8 Å². The van der Waals surface area contributed by atoms with Crippen molar-refractivity contribution >= 4 is 29.2 Å². The van der Waals surface area contributed by atoms with Gasteiger partial charge in [-0.1, -0.05) is 0 Å². The Morgan fingerprint density at radius 3 is 1.78 bits per heavy atom. The zero-order chi connectivity index (χ0) is 22.5. The zero-order valence-corrected chi connectivity index (χ0v) is 22.5. The first-order chi connectivity index (χ1) is 16.3. The summed E-state index contributed by atoms with van der Waals surface area (Å²) >= 11 is 0. The maximum atomic E-state index is 5.73. The van der Waals surface area contributed by atoms with Gasteiger partial charge < -0.3 is 54.1 Å². The number of anilines is 5. The number of hydrogen-bond donors (Lipinski definition) is 5. The van der Waals surface area contributed by atoms with Gasteiger partial charge in [0.25, 0.3) is 0 Å². The molecule has 0 atom stereocenters. The van der Waals surface area contributed by atoms with Gasteiger partial charge in [0.15, 0.2) is 0 Å². The number of rotatable bonds is 6. The second-order valence-corrected chi connectivity index (χ2v) is 8.96. The Labute approximate surface area is 226 Å². The molecule has 0 unspecified atom stereocenters. The summed E-state index contributed by atoms with van der Waals surface area (Å²) in [5.41, 5.74) is 1.99. The highest BCUT2D eigenvalue weighted by molar-refractivity contribution is 5.69. The van der Waals surface area contributed by atoms with Crippen LogP contribution in [0.4, 0.5) is 29.2 Å². The first-order valence-corrected chi connectivity index (χ1v) is 12.3. The summed E-state index contributed by atoms with van der Waals surface area (Å²) in [5.74, 6) is 2.90. The van der Waals surface area contributed by atoms with Gasteiger partial charge in [-0.05, 0) is 50.7 Å². The minimum atomic E-state index is 0. The largest absolute Gasteiger partial charge is 0.494 e. The van der Waals surface area contributed by atoms with Gasteiger partial charge in [0.05, 0.1) is 26.0 Å². The van der Waals surface area contributed by atoms with E-state index in [0.29, 0.717) is 5.95 Å². The molecular formula is C24H55N11O2. The molecule has 0 saturated carbocycles. The van der Waals surface area contributed by atoms with Crippen molar-refractivity contribution in [2.45, 2.75) is 38.5 Å². The van der Waals surface area contributed by atoms with E-state index in [-0.39, 0.29) is 30.3 Å². The van der Waals surface area contributed by atoms with Crippen molar-refractivity contribution < 1.29 is 15.2 Å². The predicted molar refractivity (Wildman–Crippen MR) is 160 cm³/mol. The Kier molecular flexibility index (Phi) is 13.3. The van der Waals surface area contributed by atoms with Crippen LogP contribution in [0.3, 0.4) is 0 Å². The highest BCUT2D eigenvalue weighted by Crippen LogP contribution is 2.32. The SMILES string of the molecule is COc1cc(N2CCOCC2)ccc1Nc1nc(N2CCCCC2)nc(N2CCCCC2)n1.N.N.N.N.[HH].[HH].[HH].[HH]. The number of benzene rings is 1. The van der Waals surface area contributed by atoms with E-state index in [0.717, 1.165) is 81.5 Å². The molecule has 3 fully saturated rings. The maximum absolute atomic E-state index is 5.73. The van der Waals surface area contributed by atoms with Crippen LogP contribution < -0.4 is 49.4 Å². The van der Waals surface area contributed by atoms with Gasteiger partial charge >= 0.3 is 0 Å². The van der Waals surface area contributed by atoms with Gasteiger partial charge in [-0.15, -0.1) is 0 Å². The van der Waals surface area contributed by atoms with E-state index >= 15 is 0 Å². The van der Waals surface area contributed by atoms with Crippen LogP contribution in [0.15, 0.2) is 18.2 Å². The van der Waals surface area contributed by atoms with Crippen LogP contribution in [0, 0.1) is 0 Å². The lowest BCUT2D eigenvalue weighted by molar-refractivity contribution is 0.122. The zero-order valence-electron chi connectivity index (χ0n) is 22.5. The molecule has 37 heavy (non-hydrogen) atoms. The second kappa shape index (κ2) is 15.3. The monoisotopic (exact) mass is 529 g/mol. The first-order valence-electron chi connectivity index (χ1n) is 12.3. The van der Waals surface area contributed by atoms with Crippen molar-refractivity contribution in [1.82, 2.24) is 39.6 Å². The normalized spacial score (nSPS) is 17.4. The highest BCUT2D eigenvalue weighted by Gasteiger charge is 2.21. The molecule has 1 aromatic carbocycles. The lowest BCUT2D eigenvalue weighted by Gasteiger charge is -2.30. The molecule has 0 spiro atoms. The molecule has 3 aliphatic heterocycles. The molecule has 0 amide bonds. The molecule has 13 nitrogen and oxygen atoms in total. The molecular weight excluding hydrogens is 474 g/mol. The third kappa shape index (κ3) is 7.76. The van der Waals surface area contributed by atoms with Crippen LogP contribution in [0.25, 0.3) is 0 Å². The summed E-state index contributed by atoms with van der Waals surface area (Å²) in [6.45, 7) is 7.29. The molecule has 218 valence electrons. The molecule has 3 aliphatic rings. The lowest BCUT2D eigenvalue weighted by atomic mass is 10.1. The summed E-state index contributed by atoms with van der Waals surface area (Å²) in [4.78, 5) is 21.4. The van der Waals surface area contributed by atoms with E-state index in [4.69, 9.17) is 24.4 Å². The quantitative estimate of drug-likeness (QED) is 0.330. The molecule has 0 radical (unpaired) electrons. The topological polar surface area (TPSA) is 219 Å². The Morgan fingerprint density at radius 1 is 0.730 bits per heavy atom. The van der Waals surface area contributed by atoms with Crippen molar-refractivity contribution in [3.05, 3.63) is 18.2 Å². The third-order valence-electron chi connectivity index (χ3n) is 6.70. The van der Waals surface area contributed by atoms with Crippen LogP contribution in [0.2, 0.25) is 0 Å². The van der Waals surface area contributed by atoms with Crippen LogP contribution >= 0.6 is 0 Å². The Balaban J connectivity index is -0.000000856. The fourth-order valence-electron chi connectivity index (χ4n) is 4.80. The van der Waals surface area contributed by atoms with E-state index in [2.05, 4.69) is 38.2 Å². The van der Waals surface area contributed by atoms with Crippen LogP contribution in [-0.4, -0.2) is 74.5 Å². The molecule has 2 aromatic rings. The van der Waals surface area contributed by atoms with Gasteiger partial charge in [0, 0.05) is 56.7 Å². The Hall–Kier alpha value is -2.97. The molecule has 0 bridgehead atoms. The van der Waals surface area contributed by atoms with Crippen molar-refractivity contribution in [2.75, 3.05) is 79.6 Å². The molecule has 3 saturated heterocycles. The molecule has 5 rings (SSSR count). The van der Waals surface area contributed by atoms with Crippen LogP contribution in [0.1, 0.15) is 44.2 Å². The fraction of sp³-hybridized carbons (Fsp3) is 0.625. The number of aromatic nitrogens is 3. The standard InChI is InChI=1S/C24H35N7O2.4H3N.4H2/c1-32-21-18-19(29-14-16-33-17-15-29)8-9-20(21)25-22-26-23(30-10-4-2-5-11-30)28-24(27-22)31-12-6-3-7-13-31;;;;;;;;/h8-9,18H,2-7,10-17H2,1H3,(H,25,26,27,28);4*1H3;4*1H. The van der Waals surface area contributed by atoms with Crippen molar-refractivity contribution in [3.63, 3.8) is 0 Å². The number of nitrogens with zero attached hydrogens (tertiary/aromatic N) is 6. The summed E-state index contributed by atoms with van der Waals surface area (Å²) in [6, 6.07) is 6.24. The Bertz CT molecular complexity index is 914. The van der Waals surface area contributed by atoms with Crippen LogP contribution in [-0.2, 0) is 4.74 Å². The molecule has 13 heteroatoms. The average Bonchev–Trinajstić information content (AvgIpc) is 2.90. The van der Waals surface area contributed by atoms with Crippen molar-refractivity contribution in [3.8, 4) is 5.75 Å². The number of morpholine rings is 1. The summed E-state index contributed by atoms with van der Waals surface area (Å²) in [7, 11) is 1.70. The second-order valence-electron chi connectivity index (χ2n) is 8.96. The van der Waals surface area contributed by atoms with E-state index in [1.54, 1.807) is 7.11 Å². The predicted octanol–water partition coefficient (Wildman–Crippen LogP) is 5.07. The molecule has 1 aromatic heterocycles. The minimum absolute atomic E-state index is 0. The molecule has 13 N–H and O–H groups in total. The van der Waals surface area contributed by atoms with Gasteiger partial charge in [-0.3, -0.25) is 0 Å². The number of methoxy groups -OCH3 is 1. The average molecular weight is 530 g/mol. The number of nitrogens with one attached hydrogen (secondary N) is 1. The van der Waals surface area contributed by atoms with E-state index in [1.165, 1.54) is 38.5 Å². The van der Waals surface area contributed by atoms with E-state index < -0.39 is 0 Å². The van der Waals surface area contributed by atoms with Gasteiger partial charge in [-0.2, -0.15) is 15.0 Å². The van der Waals surface area contributed by atoms with Gasteiger partial charge in [-0.25, -0.2) is 0 Å². The molecule has 4 heterocycles. The van der Waals surface area contributed by atoms with Crippen LogP contribution in [0.5, 0.6) is 5.75 Å². The summed E-state index contributed by atoms with van der Waals surface area (Å²) < 4.78 is 11.2. The van der Waals surface area contributed by atoms with Crippen molar-refractivity contribution in [2.24, 2.45) is 0 Å². The third-order valence-corrected chi connectivity index (χ3v) is 6.70. The van der Waals surface area contributed by atoms with Crippen molar-refractivity contribution in [1.29, 1.82) is 0 Å². The lowest BCUT2D eigenvalue weighted by Crippen LogP contribution is -2.36. The maximum Gasteiger partial charge on any atom is 0.233 e.